The molecule has 100 valence electrons. The fourth-order valence-electron chi connectivity index (χ4n) is 2.63. The molecule has 0 spiro atoms. The molecule has 0 radical (unpaired) electrons. The molecule has 0 aromatic rings. The van der Waals surface area contributed by atoms with Crippen molar-refractivity contribution >= 4 is 18.3 Å². The third-order valence-electron chi connectivity index (χ3n) is 3.96. The molecular weight excluding hydrogens is 240 g/mol. The Balaban J connectivity index is 0.00000144. The summed E-state index contributed by atoms with van der Waals surface area (Å²) in [5.41, 5.74) is -0.281. The van der Waals surface area contributed by atoms with Gasteiger partial charge in [-0.1, -0.05) is 12.8 Å². The second-order valence-corrected chi connectivity index (χ2v) is 5.42. The standard InChI is InChI=1S/C12H22N2O2.ClH/c1-12(6-7-13-8-12)11(16)14-9-4-2-3-5-10(9)15;/h9-10,13,15H,2-8H2,1H3,(H,14,16);1H/t9-,10-,12?;/m0./s1. The molecule has 1 heterocycles. The number of halogens is 1. The van der Waals surface area contributed by atoms with Gasteiger partial charge in [-0.05, 0) is 32.7 Å². The van der Waals surface area contributed by atoms with E-state index in [1.807, 2.05) is 6.92 Å². The van der Waals surface area contributed by atoms with Crippen LogP contribution in [0.3, 0.4) is 0 Å². The fourth-order valence-corrected chi connectivity index (χ4v) is 2.63. The fraction of sp³-hybridized carbons (Fsp3) is 0.917. The van der Waals surface area contributed by atoms with Crippen molar-refractivity contribution in [2.75, 3.05) is 13.1 Å². The van der Waals surface area contributed by atoms with Gasteiger partial charge in [-0.2, -0.15) is 0 Å². The molecule has 1 amide bonds. The Morgan fingerprint density at radius 3 is 2.71 bits per heavy atom. The van der Waals surface area contributed by atoms with Gasteiger partial charge < -0.3 is 15.7 Å². The van der Waals surface area contributed by atoms with Crippen LogP contribution in [-0.2, 0) is 4.79 Å². The highest BCUT2D eigenvalue weighted by atomic mass is 35.5. The molecule has 0 bridgehead atoms. The number of aliphatic hydroxyl groups is 1. The molecule has 0 aromatic heterocycles. The Bertz CT molecular complexity index is 267. The van der Waals surface area contributed by atoms with Gasteiger partial charge in [0.25, 0.3) is 0 Å². The summed E-state index contributed by atoms with van der Waals surface area (Å²) in [5, 5.41) is 16.1. The van der Waals surface area contributed by atoms with Crippen LogP contribution in [-0.4, -0.2) is 36.2 Å². The number of amides is 1. The smallest absolute Gasteiger partial charge is 0.227 e. The summed E-state index contributed by atoms with van der Waals surface area (Å²) in [7, 11) is 0. The van der Waals surface area contributed by atoms with Crippen molar-refractivity contribution in [3.63, 3.8) is 0 Å². The summed E-state index contributed by atoms with van der Waals surface area (Å²) in [5.74, 6) is 0.100. The van der Waals surface area contributed by atoms with Crippen molar-refractivity contribution in [2.24, 2.45) is 5.41 Å². The predicted molar refractivity (Wildman–Crippen MR) is 69.2 cm³/mol. The summed E-state index contributed by atoms with van der Waals surface area (Å²) in [6.07, 6.45) is 4.46. The maximum absolute atomic E-state index is 12.1. The van der Waals surface area contributed by atoms with Gasteiger partial charge in [0.2, 0.25) is 5.91 Å². The van der Waals surface area contributed by atoms with Gasteiger partial charge in [0, 0.05) is 6.54 Å². The minimum Gasteiger partial charge on any atom is -0.391 e. The number of nitrogens with one attached hydrogen (secondary N) is 2. The number of carbonyl (C=O) groups is 1. The second-order valence-electron chi connectivity index (χ2n) is 5.42. The molecule has 1 saturated heterocycles. The van der Waals surface area contributed by atoms with Gasteiger partial charge in [-0.3, -0.25) is 4.79 Å². The molecule has 17 heavy (non-hydrogen) atoms. The van der Waals surface area contributed by atoms with Crippen molar-refractivity contribution in [3.05, 3.63) is 0 Å². The van der Waals surface area contributed by atoms with Gasteiger partial charge in [0.1, 0.15) is 0 Å². The lowest BCUT2D eigenvalue weighted by Crippen LogP contribution is -2.50. The van der Waals surface area contributed by atoms with Crippen LogP contribution in [0.2, 0.25) is 0 Å². The first-order chi connectivity index (χ1) is 7.62. The molecule has 1 unspecified atom stereocenters. The maximum Gasteiger partial charge on any atom is 0.227 e. The molecule has 1 aliphatic carbocycles. The number of hydrogen-bond acceptors (Lipinski definition) is 3. The molecular formula is C12H23ClN2O2. The van der Waals surface area contributed by atoms with E-state index in [2.05, 4.69) is 10.6 Å². The first kappa shape index (κ1) is 14.7. The van der Waals surface area contributed by atoms with E-state index in [0.717, 1.165) is 45.2 Å². The molecule has 1 aliphatic heterocycles. The lowest BCUT2D eigenvalue weighted by molar-refractivity contribution is -0.131. The number of carbonyl (C=O) groups excluding carboxylic acids is 1. The molecule has 3 atom stereocenters. The van der Waals surface area contributed by atoms with Gasteiger partial charge in [-0.15, -0.1) is 12.4 Å². The molecule has 1 saturated carbocycles. The molecule has 4 nitrogen and oxygen atoms in total. The highest BCUT2D eigenvalue weighted by molar-refractivity contribution is 5.85. The lowest BCUT2D eigenvalue weighted by atomic mass is 9.86. The Labute approximate surface area is 109 Å². The van der Waals surface area contributed by atoms with Crippen LogP contribution in [0.1, 0.15) is 39.0 Å². The van der Waals surface area contributed by atoms with Crippen LogP contribution in [0.15, 0.2) is 0 Å². The van der Waals surface area contributed by atoms with Crippen molar-refractivity contribution in [2.45, 2.75) is 51.2 Å². The minimum atomic E-state index is -0.351. The zero-order valence-electron chi connectivity index (χ0n) is 10.4. The Hall–Kier alpha value is -0.320. The predicted octanol–water partition coefficient (Wildman–Crippen LogP) is 0.828. The summed E-state index contributed by atoms with van der Waals surface area (Å²) in [4.78, 5) is 12.1. The van der Waals surface area contributed by atoms with E-state index >= 15 is 0 Å². The van der Waals surface area contributed by atoms with E-state index in [4.69, 9.17) is 0 Å². The number of rotatable bonds is 2. The molecule has 5 heteroatoms. The van der Waals surface area contributed by atoms with Crippen LogP contribution < -0.4 is 10.6 Å². The highest BCUT2D eigenvalue weighted by Gasteiger charge is 2.38. The molecule has 2 rings (SSSR count). The zero-order valence-corrected chi connectivity index (χ0v) is 11.2. The van der Waals surface area contributed by atoms with Gasteiger partial charge in [-0.25, -0.2) is 0 Å². The van der Waals surface area contributed by atoms with Crippen molar-refractivity contribution in [3.8, 4) is 0 Å². The Morgan fingerprint density at radius 1 is 1.41 bits per heavy atom. The highest BCUT2D eigenvalue weighted by Crippen LogP contribution is 2.26. The van der Waals surface area contributed by atoms with Crippen molar-refractivity contribution in [1.29, 1.82) is 0 Å². The first-order valence-electron chi connectivity index (χ1n) is 6.32. The van der Waals surface area contributed by atoms with Gasteiger partial charge >= 0.3 is 0 Å². The van der Waals surface area contributed by atoms with E-state index < -0.39 is 0 Å². The summed E-state index contributed by atoms with van der Waals surface area (Å²) in [6, 6.07) is -0.0290. The monoisotopic (exact) mass is 262 g/mol. The summed E-state index contributed by atoms with van der Waals surface area (Å²) >= 11 is 0. The molecule has 3 N–H and O–H groups in total. The van der Waals surface area contributed by atoms with Gasteiger partial charge in [0.05, 0.1) is 17.6 Å². The van der Waals surface area contributed by atoms with E-state index in [0.29, 0.717) is 0 Å². The summed E-state index contributed by atoms with van der Waals surface area (Å²) in [6.45, 7) is 3.66. The van der Waals surface area contributed by atoms with E-state index in [9.17, 15) is 9.90 Å². The van der Waals surface area contributed by atoms with Crippen LogP contribution in [0.4, 0.5) is 0 Å². The number of hydrogen-bond donors (Lipinski definition) is 3. The topological polar surface area (TPSA) is 61.4 Å². The largest absolute Gasteiger partial charge is 0.391 e. The van der Waals surface area contributed by atoms with Crippen LogP contribution in [0, 0.1) is 5.41 Å². The normalized spacial score (nSPS) is 37.3. The Morgan fingerprint density at radius 2 is 2.12 bits per heavy atom. The van der Waals surface area contributed by atoms with Crippen molar-refractivity contribution < 1.29 is 9.90 Å². The SMILES string of the molecule is CC1(C(=O)N[C@H]2CCCC[C@@H]2O)CCNC1.Cl. The van der Waals surface area contributed by atoms with Crippen LogP contribution in [0.5, 0.6) is 0 Å². The van der Waals surface area contributed by atoms with E-state index in [1.54, 1.807) is 0 Å². The molecule has 2 aliphatic rings. The third kappa shape index (κ3) is 3.33. The average Bonchev–Trinajstić information content (AvgIpc) is 2.70. The second kappa shape index (κ2) is 6.03. The molecule has 2 fully saturated rings. The summed E-state index contributed by atoms with van der Waals surface area (Å²) < 4.78 is 0. The van der Waals surface area contributed by atoms with Crippen LogP contribution in [0.25, 0.3) is 0 Å². The third-order valence-corrected chi connectivity index (χ3v) is 3.96. The first-order valence-corrected chi connectivity index (χ1v) is 6.32. The van der Waals surface area contributed by atoms with E-state index in [1.165, 1.54) is 0 Å². The average molecular weight is 263 g/mol. The minimum absolute atomic E-state index is 0. The lowest BCUT2D eigenvalue weighted by Gasteiger charge is -2.31. The van der Waals surface area contributed by atoms with Crippen molar-refractivity contribution in [1.82, 2.24) is 10.6 Å². The number of aliphatic hydroxyl groups excluding tert-OH is 1. The zero-order chi connectivity index (χ0) is 11.6. The van der Waals surface area contributed by atoms with Gasteiger partial charge in [0.15, 0.2) is 0 Å². The van der Waals surface area contributed by atoms with Crippen LogP contribution >= 0.6 is 12.4 Å². The quantitative estimate of drug-likeness (QED) is 0.691. The van der Waals surface area contributed by atoms with E-state index in [-0.39, 0.29) is 35.9 Å². The molecule has 0 aromatic carbocycles. The maximum atomic E-state index is 12.1. The Kier molecular flexibility index (Phi) is 5.22.